The summed E-state index contributed by atoms with van der Waals surface area (Å²) in [4.78, 5) is 18.3. The van der Waals surface area contributed by atoms with Gasteiger partial charge in [-0.15, -0.1) is 0 Å². The highest BCUT2D eigenvalue weighted by molar-refractivity contribution is 6.30. The molecular weight excluding hydrogens is 326 g/mol. The van der Waals surface area contributed by atoms with Crippen molar-refractivity contribution in [1.82, 2.24) is 15.0 Å². The Balaban J connectivity index is 1.73. The summed E-state index contributed by atoms with van der Waals surface area (Å²) in [5, 5.41) is 4.50. The van der Waals surface area contributed by atoms with Crippen LogP contribution in [0.4, 0.5) is 0 Å². The Hall–Kier alpha value is -2.66. The van der Waals surface area contributed by atoms with Crippen molar-refractivity contribution in [3.8, 4) is 11.4 Å². The van der Waals surface area contributed by atoms with Gasteiger partial charge in [0.2, 0.25) is 11.7 Å². The topological polar surface area (TPSA) is 59.2 Å². The van der Waals surface area contributed by atoms with Crippen molar-refractivity contribution in [3.05, 3.63) is 70.6 Å². The minimum atomic E-state index is -0.159. The van der Waals surface area contributed by atoms with E-state index in [1.165, 1.54) is 4.90 Å². The van der Waals surface area contributed by atoms with Crippen LogP contribution in [0, 0.1) is 6.92 Å². The van der Waals surface area contributed by atoms with E-state index in [2.05, 4.69) is 10.1 Å². The van der Waals surface area contributed by atoms with Crippen LogP contribution >= 0.6 is 11.6 Å². The second kappa shape index (κ2) is 6.84. The van der Waals surface area contributed by atoms with Crippen molar-refractivity contribution in [2.24, 2.45) is 0 Å². The first-order chi connectivity index (χ1) is 11.5. The van der Waals surface area contributed by atoms with Gasteiger partial charge in [0.05, 0.1) is 6.54 Å². The molecule has 0 saturated carbocycles. The first-order valence-electron chi connectivity index (χ1n) is 7.43. The van der Waals surface area contributed by atoms with Crippen molar-refractivity contribution >= 4 is 17.5 Å². The molecule has 3 rings (SSSR count). The summed E-state index contributed by atoms with van der Waals surface area (Å²) < 4.78 is 5.26. The molecule has 0 N–H and O–H groups in total. The van der Waals surface area contributed by atoms with Gasteiger partial charge in [-0.2, -0.15) is 4.98 Å². The number of rotatable bonds is 4. The van der Waals surface area contributed by atoms with Gasteiger partial charge in [-0.25, -0.2) is 0 Å². The summed E-state index contributed by atoms with van der Waals surface area (Å²) in [6.45, 7) is 2.23. The molecule has 0 aliphatic carbocycles. The normalized spacial score (nSPS) is 10.6. The van der Waals surface area contributed by atoms with E-state index in [1.807, 2.05) is 31.2 Å². The summed E-state index contributed by atoms with van der Waals surface area (Å²) >= 11 is 5.93. The monoisotopic (exact) mass is 341 g/mol. The standard InChI is InChI=1S/C18H16ClN3O2/c1-12-5-3-6-13(9-12)17-20-16(24-21-17)11-22(2)18(23)14-7-4-8-15(19)10-14/h3-10H,11H2,1-2H3. The van der Waals surface area contributed by atoms with E-state index in [0.717, 1.165) is 11.1 Å². The number of nitrogens with zero attached hydrogens (tertiary/aromatic N) is 3. The summed E-state index contributed by atoms with van der Waals surface area (Å²) in [6.07, 6.45) is 0. The van der Waals surface area contributed by atoms with Crippen LogP contribution in [-0.2, 0) is 6.54 Å². The first-order valence-corrected chi connectivity index (χ1v) is 7.81. The molecule has 0 saturated heterocycles. The van der Waals surface area contributed by atoms with Crippen LogP contribution in [0.3, 0.4) is 0 Å². The Kier molecular flexibility index (Phi) is 4.62. The molecule has 24 heavy (non-hydrogen) atoms. The molecule has 6 heteroatoms. The van der Waals surface area contributed by atoms with Gasteiger partial charge in [0.25, 0.3) is 5.91 Å². The zero-order valence-corrected chi connectivity index (χ0v) is 14.1. The Labute approximate surface area is 144 Å². The zero-order valence-electron chi connectivity index (χ0n) is 13.4. The van der Waals surface area contributed by atoms with Gasteiger partial charge < -0.3 is 9.42 Å². The predicted molar refractivity (Wildman–Crippen MR) is 91.7 cm³/mol. The Morgan fingerprint density at radius 2 is 2.00 bits per heavy atom. The van der Waals surface area contributed by atoms with Crippen molar-refractivity contribution in [1.29, 1.82) is 0 Å². The second-order valence-electron chi connectivity index (χ2n) is 5.55. The molecule has 3 aromatic rings. The van der Waals surface area contributed by atoms with Crippen LogP contribution in [-0.4, -0.2) is 28.0 Å². The van der Waals surface area contributed by atoms with Crippen LogP contribution in [0.25, 0.3) is 11.4 Å². The Morgan fingerprint density at radius 1 is 1.21 bits per heavy atom. The highest BCUT2D eigenvalue weighted by Gasteiger charge is 2.16. The molecule has 2 aromatic carbocycles. The predicted octanol–water partition coefficient (Wildman–Crippen LogP) is 3.97. The molecule has 5 nitrogen and oxygen atoms in total. The van der Waals surface area contributed by atoms with Gasteiger partial charge in [0.1, 0.15) is 0 Å². The smallest absolute Gasteiger partial charge is 0.254 e. The van der Waals surface area contributed by atoms with E-state index in [-0.39, 0.29) is 12.5 Å². The zero-order chi connectivity index (χ0) is 17.1. The van der Waals surface area contributed by atoms with E-state index < -0.39 is 0 Å². The van der Waals surface area contributed by atoms with Gasteiger partial charge >= 0.3 is 0 Å². The number of benzene rings is 2. The third-order valence-corrected chi connectivity index (χ3v) is 3.77. The molecule has 122 valence electrons. The third-order valence-electron chi connectivity index (χ3n) is 3.54. The van der Waals surface area contributed by atoms with Gasteiger partial charge in [-0.3, -0.25) is 4.79 Å². The van der Waals surface area contributed by atoms with Crippen LogP contribution in [0.15, 0.2) is 53.1 Å². The van der Waals surface area contributed by atoms with Crippen LogP contribution < -0.4 is 0 Å². The molecule has 0 radical (unpaired) electrons. The maximum Gasteiger partial charge on any atom is 0.254 e. The minimum Gasteiger partial charge on any atom is -0.337 e. The van der Waals surface area contributed by atoms with E-state index in [1.54, 1.807) is 31.3 Å². The number of halogens is 1. The van der Waals surface area contributed by atoms with Crippen molar-refractivity contribution in [2.75, 3.05) is 7.05 Å². The average molecular weight is 342 g/mol. The lowest BCUT2D eigenvalue weighted by molar-refractivity contribution is 0.0769. The van der Waals surface area contributed by atoms with E-state index in [9.17, 15) is 4.79 Å². The molecule has 0 fully saturated rings. The molecular formula is C18H16ClN3O2. The molecule has 0 aliphatic rings. The molecule has 0 atom stereocenters. The molecule has 1 amide bonds. The molecule has 0 aliphatic heterocycles. The minimum absolute atomic E-state index is 0.159. The van der Waals surface area contributed by atoms with E-state index in [4.69, 9.17) is 16.1 Å². The quantitative estimate of drug-likeness (QED) is 0.720. The number of hydrogen-bond donors (Lipinski definition) is 0. The number of hydrogen-bond acceptors (Lipinski definition) is 4. The fraction of sp³-hybridized carbons (Fsp3) is 0.167. The Morgan fingerprint density at radius 3 is 2.75 bits per heavy atom. The highest BCUT2D eigenvalue weighted by atomic mass is 35.5. The maximum atomic E-state index is 12.4. The van der Waals surface area contributed by atoms with Gasteiger partial charge in [-0.05, 0) is 31.2 Å². The summed E-state index contributed by atoms with van der Waals surface area (Å²) in [7, 11) is 1.68. The fourth-order valence-corrected chi connectivity index (χ4v) is 2.53. The largest absolute Gasteiger partial charge is 0.337 e. The SMILES string of the molecule is Cc1cccc(-c2noc(CN(C)C(=O)c3cccc(Cl)c3)n2)c1. The second-order valence-corrected chi connectivity index (χ2v) is 5.99. The van der Waals surface area contributed by atoms with Crippen molar-refractivity contribution in [2.45, 2.75) is 13.5 Å². The molecule has 1 heterocycles. The summed E-state index contributed by atoms with van der Waals surface area (Å²) in [5.41, 5.74) is 2.52. The van der Waals surface area contributed by atoms with Crippen LogP contribution in [0.1, 0.15) is 21.8 Å². The summed E-state index contributed by atoms with van der Waals surface area (Å²) in [6, 6.07) is 14.7. The molecule has 0 unspecified atom stereocenters. The van der Waals surface area contributed by atoms with Crippen LogP contribution in [0.2, 0.25) is 5.02 Å². The van der Waals surface area contributed by atoms with E-state index >= 15 is 0 Å². The molecule has 0 spiro atoms. The number of aromatic nitrogens is 2. The Bertz CT molecular complexity index is 876. The maximum absolute atomic E-state index is 12.4. The van der Waals surface area contributed by atoms with Gasteiger partial charge in [0, 0.05) is 23.2 Å². The molecule has 0 bridgehead atoms. The number of carbonyl (C=O) groups excluding carboxylic acids is 1. The average Bonchev–Trinajstić information content (AvgIpc) is 3.02. The lowest BCUT2D eigenvalue weighted by Crippen LogP contribution is -2.26. The lowest BCUT2D eigenvalue weighted by atomic mass is 10.1. The fourth-order valence-electron chi connectivity index (χ4n) is 2.34. The summed E-state index contributed by atoms with van der Waals surface area (Å²) in [5.74, 6) is 0.731. The number of carbonyl (C=O) groups is 1. The van der Waals surface area contributed by atoms with Crippen molar-refractivity contribution in [3.63, 3.8) is 0 Å². The molecule has 1 aromatic heterocycles. The number of aryl methyl sites for hydroxylation is 1. The highest BCUT2D eigenvalue weighted by Crippen LogP contribution is 2.18. The lowest BCUT2D eigenvalue weighted by Gasteiger charge is -2.14. The van der Waals surface area contributed by atoms with Crippen molar-refractivity contribution < 1.29 is 9.32 Å². The van der Waals surface area contributed by atoms with Crippen LogP contribution in [0.5, 0.6) is 0 Å². The van der Waals surface area contributed by atoms with Gasteiger partial charge in [-0.1, -0.05) is 46.6 Å². The van der Waals surface area contributed by atoms with E-state index in [0.29, 0.717) is 22.3 Å². The first kappa shape index (κ1) is 16.2. The number of amides is 1. The third kappa shape index (κ3) is 3.63. The van der Waals surface area contributed by atoms with Gasteiger partial charge in [0.15, 0.2) is 0 Å².